The number of carbonyl (C=O) groups excluding carboxylic acids is 1. The van der Waals surface area contributed by atoms with Crippen LogP contribution in [-0.4, -0.2) is 63.6 Å². The summed E-state index contributed by atoms with van der Waals surface area (Å²) in [6.45, 7) is 1.20. The van der Waals surface area contributed by atoms with Crippen molar-refractivity contribution in [2.24, 2.45) is 11.1 Å². The number of carbonyl (C=O) groups is 1. The molecular formula is C12H22N2O4S. The first-order valence-electron chi connectivity index (χ1n) is 6.65. The van der Waals surface area contributed by atoms with Gasteiger partial charge in [0, 0.05) is 26.2 Å². The number of hydrogen-bond donors (Lipinski definition) is 1. The lowest BCUT2D eigenvalue weighted by atomic mass is 10.0. The normalized spacial score (nSPS) is 27.2. The first-order valence-corrected chi connectivity index (χ1v) is 8.47. The largest absolute Gasteiger partial charge is 0.383 e. The van der Waals surface area contributed by atoms with Crippen molar-refractivity contribution in [3.05, 3.63) is 0 Å². The summed E-state index contributed by atoms with van der Waals surface area (Å²) in [6, 6.07) is -0.211. The lowest BCUT2D eigenvalue weighted by Gasteiger charge is -2.31. The third-order valence-corrected chi connectivity index (χ3v) is 5.89. The molecule has 2 N–H and O–H groups in total. The Morgan fingerprint density at radius 1 is 1.47 bits per heavy atom. The maximum Gasteiger partial charge on any atom is 0.230 e. The van der Waals surface area contributed by atoms with Gasteiger partial charge in [0.25, 0.3) is 0 Å². The summed E-state index contributed by atoms with van der Waals surface area (Å²) < 4.78 is 28.2. The first kappa shape index (κ1) is 14.7. The molecule has 19 heavy (non-hydrogen) atoms. The van der Waals surface area contributed by atoms with Crippen LogP contribution >= 0.6 is 0 Å². The molecule has 1 atom stereocenters. The number of amides is 1. The summed E-state index contributed by atoms with van der Waals surface area (Å²) in [6.07, 6.45) is 2.15. The molecule has 0 aromatic carbocycles. The van der Waals surface area contributed by atoms with E-state index in [0.717, 1.165) is 12.8 Å². The van der Waals surface area contributed by atoms with Crippen LogP contribution < -0.4 is 5.73 Å². The van der Waals surface area contributed by atoms with E-state index in [4.69, 9.17) is 10.5 Å². The molecule has 2 fully saturated rings. The van der Waals surface area contributed by atoms with Gasteiger partial charge in [-0.05, 0) is 19.3 Å². The van der Waals surface area contributed by atoms with Gasteiger partial charge in [0.2, 0.25) is 5.91 Å². The van der Waals surface area contributed by atoms with Gasteiger partial charge in [0.1, 0.15) is 0 Å². The summed E-state index contributed by atoms with van der Waals surface area (Å²) in [5.41, 5.74) is 5.26. The van der Waals surface area contributed by atoms with Crippen molar-refractivity contribution in [3.8, 4) is 0 Å². The minimum atomic E-state index is -3.00. The second-order valence-corrected chi connectivity index (χ2v) is 7.76. The summed E-state index contributed by atoms with van der Waals surface area (Å²) in [4.78, 5) is 14.2. The van der Waals surface area contributed by atoms with Gasteiger partial charge >= 0.3 is 0 Å². The number of sulfone groups is 1. The number of hydrogen-bond acceptors (Lipinski definition) is 5. The summed E-state index contributed by atoms with van der Waals surface area (Å²) in [7, 11) is -1.42. The SMILES string of the molecule is COCCN(C(=O)C1(CN)CC1)C1CCS(=O)(=O)C1. The van der Waals surface area contributed by atoms with Crippen molar-refractivity contribution in [2.75, 3.05) is 38.3 Å². The standard InChI is InChI=1S/C12H22N2O4S/c1-18-6-5-14(10-2-7-19(16,17)8-10)11(15)12(9-13)3-4-12/h10H,2-9,13H2,1H3. The summed E-state index contributed by atoms with van der Waals surface area (Å²) in [5.74, 6) is 0.252. The second-order valence-electron chi connectivity index (χ2n) is 5.53. The Morgan fingerprint density at radius 3 is 2.58 bits per heavy atom. The lowest BCUT2D eigenvalue weighted by molar-refractivity contribution is -0.139. The predicted octanol–water partition coefficient (Wildman–Crippen LogP) is -0.613. The van der Waals surface area contributed by atoms with E-state index in [2.05, 4.69) is 0 Å². The molecule has 1 unspecified atom stereocenters. The Bertz CT molecular complexity index is 445. The zero-order valence-electron chi connectivity index (χ0n) is 11.3. The number of rotatable bonds is 6. The van der Waals surface area contributed by atoms with Crippen LogP contribution in [-0.2, 0) is 19.4 Å². The highest BCUT2D eigenvalue weighted by atomic mass is 32.2. The van der Waals surface area contributed by atoms with Crippen LogP contribution in [0.15, 0.2) is 0 Å². The fourth-order valence-electron chi connectivity index (χ4n) is 2.62. The highest BCUT2D eigenvalue weighted by Crippen LogP contribution is 2.46. The van der Waals surface area contributed by atoms with Gasteiger partial charge in [-0.3, -0.25) is 4.79 Å². The molecular weight excluding hydrogens is 268 g/mol. The third kappa shape index (κ3) is 3.09. The smallest absolute Gasteiger partial charge is 0.230 e. The van der Waals surface area contributed by atoms with Crippen LogP contribution in [0.5, 0.6) is 0 Å². The van der Waals surface area contributed by atoms with Crippen LogP contribution in [0.1, 0.15) is 19.3 Å². The number of nitrogens with zero attached hydrogens (tertiary/aromatic N) is 1. The maximum absolute atomic E-state index is 12.6. The van der Waals surface area contributed by atoms with E-state index in [9.17, 15) is 13.2 Å². The van der Waals surface area contributed by atoms with Crippen molar-refractivity contribution >= 4 is 15.7 Å². The molecule has 2 rings (SSSR count). The van der Waals surface area contributed by atoms with E-state index >= 15 is 0 Å². The van der Waals surface area contributed by atoms with E-state index in [0.29, 0.717) is 26.1 Å². The zero-order valence-corrected chi connectivity index (χ0v) is 12.1. The van der Waals surface area contributed by atoms with Gasteiger partial charge in [-0.1, -0.05) is 0 Å². The molecule has 0 spiro atoms. The fourth-order valence-corrected chi connectivity index (χ4v) is 4.35. The van der Waals surface area contributed by atoms with E-state index < -0.39 is 15.3 Å². The molecule has 1 aliphatic carbocycles. The van der Waals surface area contributed by atoms with E-state index in [1.165, 1.54) is 0 Å². The van der Waals surface area contributed by atoms with Crippen LogP contribution in [0.3, 0.4) is 0 Å². The second kappa shape index (κ2) is 5.38. The molecule has 1 heterocycles. The highest BCUT2D eigenvalue weighted by Gasteiger charge is 2.52. The predicted molar refractivity (Wildman–Crippen MR) is 71.4 cm³/mol. The Balaban J connectivity index is 2.10. The number of ether oxygens (including phenoxy) is 1. The highest BCUT2D eigenvalue weighted by molar-refractivity contribution is 7.91. The molecule has 1 saturated carbocycles. The zero-order chi connectivity index (χ0) is 14.1. The average molecular weight is 290 g/mol. The minimum absolute atomic E-state index is 0.00847. The molecule has 2 aliphatic rings. The molecule has 0 radical (unpaired) electrons. The topological polar surface area (TPSA) is 89.7 Å². The monoisotopic (exact) mass is 290 g/mol. The Morgan fingerprint density at radius 2 is 2.16 bits per heavy atom. The van der Waals surface area contributed by atoms with E-state index in [-0.39, 0.29) is 23.5 Å². The van der Waals surface area contributed by atoms with Crippen molar-refractivity contribution in [3.63, 3.8) is 0 Å². The van der Waals surface area contributed by atoms with Crippen LogP contribution in [0.25, 0.3) is 0 Å². The molecule has 110 valence electrons. The Labute approximate surface area is 114 Å². The van der Waals surface area contributed by atoms with E-state index in [1.54, 1.807) is 12.0 Å². The Hall–Kier alpha value is -0.660. The average Bonchev–Trinajstić information content (AvgIpc) is 3.09. The van der Waals surface area contributed by atoms with Crippen molar-refractivity contribution in [1.29, 1.82) is 0 Å². The molecule has 1 saturated heterocycles. The van der Waals surface area contributed by atoms with Gasteiger partial charge in [-0.25, -0.2) is 8.42 Å². The van der Waals surface area contributed by atoms with Crippen molar-refractivity contribution in [2.45, 2.75) is 25.3 Å². The Kier molecular flexibility index (Phi) is 4.17. The van der Waals surface area contributed by atoms with Gasteiger partial charge in [-0.2, -0.15) is 0 Å². The fraction of sp³-hybridized carbons (Fsp3) is 0.917. The summed E-state index contributed by atoms with van der Waals surface area (Å²) in [5, 5.41) is 0. The van der Waals surface area contributed by atoms with Gasteiger partial charge in [0.15, 0.2) is 9.84 Å². The first-order chi connectivity index (χ1) is 8.94. The van der Waals surface area contributed by atoms with Gasteiger partial charge < -0.3 is 15.4 Å². The quantitative estimate of drug-likeness (QED) is 0.704. The van der Waals surface area contributed by atoms with Crippen LogP contribution in [0.4, 0.5) is 0 Å². The van der Waals surface area contributed by atoms with Gasteiger partial charge in [-0.15, -0.1) is 0 Å². The van der Waals surface area contributed by atoms with Gasteiger partial charge in [0.05, 0.1) is 23.5 Å². The minimum Gasteiger partial charge on any atom is -0.383 e. The molecule has 0 aromatic rings. The van der Waals surface area contributed by atoms with Crippen molar-refractivity contribution < 1.29 is 17.9 Å². The lowest BCUT2D eigenvalue weighted by Crippen LogP contribution is -2.48. The number of methoxy groups -OCH3 is 1. The third-order valence-electron chi connectivity index (χ3n) is 4.14. The summed E-state index contributed by atoms with van der Waals surface area (Å²) >= 11 is 0. The molecule has 0 aromatic heterocycles. The number of nitrogens with two attached hydrogens (primary N) is 1. The van der Waals surface area contributed by atoms with E-state index in [1.807, 2.05) is 0 Å². The molecule has 6 nitrogen and oxygen atoms in total. The molecule has 0 bridgehead atoms. The molecule has 7 heteroatoms. The molecule has 1 aliphatic heterocycles. The van der Waals surface area contributed by atoms with Crippen molar-refractivity contribution in [1.82, 2.24) is 4.90 Å². The van der Waals surface area contributed by atoms with Crippen LogP contribution in [0.2, 0.25) is 0 Å². The molecule has 1 amide bonds. The maximum atomic E-state index is 12.6. The van der Waals surface area contributed by atoms with Crippen LogP contribution in [0, 0.1) is 5.41 Å².